The topological polar surface area (TPSA) is 60.4 Å². The molecule has 0 amide bonds. The summed E-state index contributed by atoms with van der Waals surface area (Å²) in [5.74, 6) is 0.778. The number of hydrogen-bond donors (Lipinski definition) is 0. The Balaban J connectivity index is 2.04. The molecule has 0 saturated carbocycles. The summed E-state index contributed by atoms with van der Waals surface area (Å²) in [4.78, 5) is 11.6. The van der Waals surface area contributed by atoms with E-state index in [1.165, 1.54) is 0 Å². The van der Waals surface area contributed by atoms with Gasteiger partial charge in [-0.05, 0) is 26.3 Å². The lowest BCUT2D eigenvalue weighted by molar-refractivity contribution is 0.0994. The molecule has 0 atom stereocenters. The van der Waals surface area contributed by atoms with E-state index in [2.05, 4.69) is 0 Å². The number of carbonyl (C=O) groups is 1. The van der Waals surface area contributed by atoms with E-state index in [1.54, 1.807) is 32.0 Å². The van der Waals surface area contributed by atoms with Gasteiger partial charge in [0.15, 0.2) is 15.6 Å². The van der Waals surface area contributed by atoms with Crippen LogP contribution in [0.3, 0.4) is 0 Å². The lowest BCUT2D eigenvalue weighted by Crippen LogP contribution is -2.22. The molecule has 0 saturated heterocycles. The van der Waals surface area contributed by atoms with Crippen LogP contribution in [0.2, 0.25) is 0 Å². The number of rotatable bonds is 5. The van der Waals surface area contributed by atoms with Crippen molar-refractivity contribution in [2.75, 3.05) is 12.4 Å². The minimum atomic E-state index is -3.09. The van der Waals surface area contributed by atoms with Crippen molar-refractivity contribution < 1.29 is 17.9 Å². The van der Waals surface area contributed by atoms with E-state index in [9.17, 15) is 13.2 Å². The molecule has 4 nitrogen and oxygen atoms in total. The van der Waals surface area contributed by atoms with E-state index in [4.69, 9.17) is 4.74 Å². The van der Waals surface area contributed by atoms with Crippen LogP contribution in [0.5, 0.6) is 5.75 Å². The molecule has 0 spiro atoms. The summed E-state index contributed by atoms with van der Waals surface area (Å²) in [7, 11) is -3.09. The van der Waals surface area contributed by atoms with Gasteiger partial charge in [-0.3, -0.25) is 4.79 Å². The molecule has 5 heteroatoms. The molecule has 0 aliphatic heterocycles. The molecule has 1 aliphatic rings. The Morgan fingerprint density at radius 3 is 2.68 bits per heavy atom. The van der Waals surface area contributed by atoms with Crippen LogP contribution in [0, 0.1) is 0 Å². The number of hydrogen-bond acceptors (Lipinski definition) is 4. The van der Waals surface area contributed by atoms with E-state index in [0.717, 1.165) is 5.56 Å². The van der Waals surface area contributed by atoms with Crippen molar-refractivity contribution in [2.24, 2.45) is 0 Å². The first kappa shape index (κ1) is 14.1. The largest absolute Gasteiger partial charge is 0.492 e. The summed E-state index contributed by atoms with van der Waals surface area (Å²) in [5.41, 5.74) is 1.62. The molecule has 0 radical (unpaired) electrons. The Morgan fingerprint density at radius 1 is 1.26 bits per heavy atom. The van der Waals surface area contributed by atoms with E-state index >= 15 is 0 Å². The van der Waals surface area contributed by atoms with Gasteiger partial charge in [-0.2, -0.15) is 0 Å². The first-order valence-electron chi connectivity index (χ1n) is 6.41. The molecule has 2 rings (SSSR count). The quantitative estimate of drug-likeness (QED) is 0.829. The van der Waals surface area contributed by atoms with Crippen LogP contribution in [0.25, 0.3) is 0 Å². The summed E-state index contributed by atoms with van der Waals surface area (Å²) >= 11 is 0. The Kier molecular flexibility index (Phi) is 3.94. The van der Waals surface area contributed by atoms with E-state index < -0.39 is 9.84 Å². The third-order valence-corrected chi connectivity index (χ3v) is 5.55. The van der Waals surface area contributed by atoms with Gasteiger partial charge in [-0.1, -0.05) is 12.1 Å². The lowest BCUT2D eigenvalue weighted by atomic mass is 10.1. The summed E-state index contributed by atoms with van der Waals surface area (Å²) < 4.78 is 28.9. The number of ketones is 1. The predicted octanol–water partition coefficient (Wildman–Crippen LogP) is 2.02. The van der Waals surface area contributed by atoms with Gasteiger partial charge in [0.05, 0.1) is 11.0 Å². The fourth-order valence-corrected chi connectivity index (χ4v) is 2.88. The Morgan fingerprint density at radius 2 is 2.00 bits per heavy atom. The third-order valence-electron chi connectivity index (χ3n) is 3.38. The van der Waals surface area contributed by atoms with Crippen molar-refractivity contribution in [3.8, 4) is 5.75 Å². The van der Waals surface area contributed by atoms with Gasteiger partial charge in [-0.15, -0.1) is 0 Å². The van der Waals surface area contributed by atoms with Gasteiger partial charge in [0.25, 0.3) is 0 Å². The molecule has 104 valence electrons. The lowest BCUT2D eigenvalue weighted by Gasteiger charge is -2.11. The maximum atomic E-state index is 11.7. The van der Waals surface area contributed by atoms with Crippen LogP contribution in [-0.2, 0) is 16.3 Å². The van der Waals surface area contributed by atoms with Crippen molar-refractivity contribution in [3.63, 3.8) is 0 Å². The van der Waals surface area contributed by atoms with Gasteiger partial charge in [-0.25, -0.2) is 8.42 Å². The highest BCUT2D eigenvalue weighted by molar-refractivity contribution is 7.91. The molecular weight excluding hydrogens is 264 g/mol. The molecular formula is C14H18O4S. The Bertz CT molecular complexity index is 587. The highest BCUT2D eigenvalue weighted by Crippen LogP contribution is 2.30. The zero-order valence-electron chi connectivity index (χ0n) is 11.2. The van der Waals surface area contributed by atoms with E-state index in [0.29, 0.717) is 24.2 Å². The van der Waals surface area contributed by atoms with Crippen LogP contribution >= 0.6 is 0 Å². The van der Waals surface area contributed by atoms with Crippen molar-refractivity contribution in [1.29, 1.82) is 0 Å². The Hall–Kier alpha value is -1.36. The minimum absolute atomic E-state index is 0.00226. The second-order valence-corrected chi connectivity index (χ2v) is 7.65. The molecule has 0 unspecified atom stereocenters. The molecule has 0 bridgehead atoms. The normalized spacial score (nSPS) is 14.8. The number of sulfone groups is 1. The number of fused-ring (bicyclic) bond motifs is 1. The van der Waals surface area contributed by atoms with Gasteiger partial charge in [0.2, 0.25) is 0 Å². The number of ether oxygens (including phenoxy) is 1. The van der Waals surface area contributed by atoms with Crippen LogP contribution in [-0.4, -0.2) is 31.8 Å². The number of Topliss-reactive ketones (excluding diaryl/α,β-unsaturated/α-hetero) is 1. The standard InChI is InChI=1S/C14H18O4S/c1-10(2)19(16,17)9-8-18-14-5-3-4-11-12(14)6-7-13(11)15/h3-5,10H,6-9H2,1-2H3. The SMILES string of the molecule is CC(C)S(=O)(=O)CCOc1cccc2c1CCC2=O. The summed E-state index contributed by atoms with van der Waals surface area (Å²) in [6.07, 6.45) is 1.20. The fourth-order valence-electron chi connectivity index (χ4n) is 2.10. The molecule has 0 heterocycles. The number of benzene rings is 1. The maximum Gasteiger partial charge on any atom is 0.163 e. The van der Waals surface area contributed by atoms with Gasteiger partial charge in [0, 0.05) is 17.5 Å². The molecule has 1 aromatic carbocycles. The average molecular weight is 282 g/mol. The zero-order chi connectivity index (χ0) is 14.0. The highest BCUT2D eigenvalue weighted by atomic mass is 32.2. The van der Waals surface area contributed by atoms with E-state index in [-0.39, 0.29) is 23.4 Å². The molecule has 1 aliphatic carbocycles. The summed E-state index contributed by atoms with van der Waals surface area (Å²) in [6.45, 7) is 3.45. The maximum absolute atomic E-state index is 11.7. The summed E-state index contributed by atoms with van der Waals surface area (Å²) in [5, 5.41) is -0.390. The summed E-state index contributed by atoms with van der Waals surface area (Å²) in [6, 6.07) is 5.36. The number of carbonyl (C=O) groups excluding carboxylic acids is 1. The van der Waals surface area contributed by atoms with Crippen LogP contribution < -0.4 is 4.74 Å². The molecule has 19 heavy (non-hydrogen) atoms. The third kappa shape index (κ3) is 2.97. The van der Waals surface area contributed by atoms with Crippen molar-refractivity contribution >= 4 is 15.6 Å². The fraction of sp³-hybridized carbons (Fsp3) is 0.500. The van der Waals surface area contributed by atoms with Crippen LogP contribution in [0.1, 0.15) is 36.2 Å². The highest BCUT2D eigenvalue weighted by Gasteiger charge is 2.23. The first-order valence-corrected chi connectivity index (χ1v) is 8.13. The average Bonchev–Trinajstić information content (AvgIpc) is 2.72. The van der Waals surface area contributed by atoms with Crippen molar-refractivity contribution in [2.45, 2.75) is 31.9 Å². The molecule has 0 aromatic heterocycles. The predicted molar refractivity (Wildman–Crippen MR) is 73.5 cm³/mol. The second kappa shape index (κ2) is 5.33. The smallest absolute Gasteiger partial charge is 0.163 e. The van der Waals surface area contributed by atoms with Crippen molar-refractivity contribution in [3.05, 3.63) is 29.3 Å². The van der Waals surface area contributed by atoms with Gasteiger partial charge >= 0.3 is 0 Å². The minimum Gasteiger partial charge on any atom is -0.492 e. The zero-order valence-corrected chi connectivity index (χ0v) is 12.0. The van der Waals surface area contributed by atoms with Gasteiger partial charge < -0.3 is 4.74 Å². The first-order chi connectivity index (χ1) is 8.92. The van der Waals surface area contributed by atoms with Gasteiger partial charge in [0.1, 0.15) is 12.4 Å². The van der Waals surface area contributed by atoms with Crippen LogP contribution in [0.4, 0.5) is 0 Å². The molecule has 0 fully saturated rings. The van der Waals surface area contributed by atoms with Crippen LogP contribution in [0.15, 0.2) is 18.2 Å². The molecule has 0 N–H and O–H groups in total. The molecule has 1 aromatic rings. The van der Waals surface area contributed by atoms with Crippen molar-refractivity contribution in [1.82, 2.24) is 0 Å². The Labute approximate surface area is 113 Å². The second-order valence-electron chi connectivity index (χ2n) is 4.97. The van der Waals surface area contributed by atoms with E-state index in [1.807, 2.05) is 0 Å². The monoisotopic (exact) mass is 282 g/mol.